The standard InChI is InChI=1S/C11H17Cl2N3O/c1-2-3-6-17-7-4-5-14-10-9(12)8-15-11(13)16-10/h8H,2-7H2,1H3,(H,14,15,16). The van der Waals surface area contributed by atoms with Gasteiger partial charge in [-0.15, -0.1) is 0 Å². The lowest BCUT2D eigenvalue weighted by atomic mass is 10.3. The van der Waals surface area contributed by atoms with E-state index < -0.39 is 0 Å². The van der Waals surface area contributed by atoms with E-state index in [2.05, 4.69) is 22.2 Å². The van der Waals surface area contributed by atoms with Crippen LogP contribution in [0, 0.1) is 0 Å². The number of hydrogen-bond acceptors (Lipinski definition) is 4. The average molecular weight is 278 g/mol. The quantitative estimate of drug-likeness (QED) is 0.584. The third-order valence-corrected chi connectivity index (χ3v) is 2.57. The van der Waals surface area contributed by atoms with Crippen LogP contribution in [0.4, 0.5) is 5.82 Å². The molecule has 0 radical (unpaired) electrons. The Labute approximate surface area is 112 Å². The predicted molar refractivity (Wildman–Crippen MR) is 70.9 cm³/mol. The van der Waals surface area contributed by atoms with Gasteiger partial charge in [0.15, 0.2) is 0 Å². The van der Waals surface area contributed by atoms with Gasteiger partial charge >= 0.3 is 0 Å². The molecule has 4 nitrogen and oxygen atoms in total. The monoisotopic (exact) mass is 277 g/mol. The van der Waals surface area contributed by atoms with E-state index in [0.717, 1.165) is 39.0 Å². The highest BCUT2D eigenvalue weighted by atomic mass is 35.5. The second kappa shape index (κ2) is 8.50. The van der Waals surface area contributed by atoms with Crippen LogP contribution in [0.1, 0.15) is 26.2 Å². The van der Waals surface area contributed by atoms with Gasteiger partial charge in [-0.2, -0.15) is 4.98 Å². The summed E-state index contributed by atoms with van der Waals surface area (Å²) in [5.74, 6) is 0.570. The normalized spacial score (nSPS) is 10.5. The van der Waals surface area contributed by atoms with Gasteiger partial charge in [0.1, 0.15) is 10.8 Å². The second-order valence-corrected chi connectivity index (χ2v) is 4.33. The molecule has 0 spiro atoms. The van der Waals surface area contributed by atoms with Gasteiger partial charge in [-0.3, -0.25) is 0 Å². The maximum absolute atomic E-state index is 5.90. The molecule has 0 atom stereocenters. The van der Waals surface area contributed by atoms with Gasteiger partial charge in [0.2, 0.25) is 5.28 Å². The van der Waals surface area contributed by atoms with Crippen LogP contribution in [0.5, 0.6) is 0 Å². The minimum atomic E-state index is 0.191. The molecule has 0 aromatic carbocycles. The lowest BCUT2D eigenvalue weighted by Crippen LogP contribution is -2.08. The van der Waals surface area contributed by atoms with Crippen LogP contribution in [-0.4, -0.2) is 29.7 Å². The van der Waals surface area contributed by atoms with Gasteiger partial charge in [0.05, 0.1) is 6.20 Å². The van der Waals surface area contributed by atoms with E-state index in [1.54, 1.807) is 0 Å². The number of halogens is 2. The highest BCUT2D eigenvalue weighted by Crippen LogP contribution is 2.18. The Bertz CT molecular complexity index is 336. The lowest BCUT2D eigenvalue weighted by molar-refractivity contribution is 0.131. The Morgan fingerprint density at radius 3 is 2.82 bits per heavy atom. The average Bonchev–Trinajstić information content (AvgIpc) is 2.32. The molecular formula is C11H17Cl2N3O. The maximum atomic E-state index is 5.90. The van der Waals surface area contributed by atoms with Crippen molar-refractivity contribution in [1.29, 1.82) is 0 Å². The number of rotatable bonds is 8. The first-order chi connectivity index (χ1) is 8.24. The van der Waals surface area contributed by atoms with E-state index in [1.165, 1.54) is 6.20 Å². The number of hydrogen-bond donors (Lipinski definition) is 1. The molecule has 1 aromatic rings. The Morgan fingerprint density at radius 2 is 2.06 bits per heavy atom. The molecule has 0 saturated carbocycles. The van der Waals surface area contributed by atoms with Crippen molar-refractivity contribution in [3.8, 4) is 0 Å². The predicted octanol–water partition coefficient (Wildman–Crippen LogP) is 3.40. The zero-order valence-corrected chi connectivity index (χ0v) is 11.4. The van der Waals surface area contributed by atoms with Crippen molar-refractivity contribution >= 4 is 29.0 Å². The third-order valence-electron chi connectivity index (χ3n) is 2.11. The van der Waals surface area contributed by atoms with Crippen LogP contribution >= 0.6 is 23.2 Å². The van der Waals surface area contributed by atoms with Gasteiger partial charge in [0, 0.05) is 19.8 Å². The van der Waals surface area contributed by atoms with Gasteiger partial charge in [0.25, 0.3) is 0 Å². The van der Waals surface area contributed by atoms with Crippen LogP contribution in [0.3, 0.4) is 0 Å². The molecule has 0 saturated heterocycles. The number of nitrogens with one attached hydrogen (secondary N) is 1. The summed E-state index contributed by atoms with van der Waals surface area (Å²) in [6.45, 7) is 4.46. The van der Waals surface area contributed by atoms with Gasteiger partial charge in [-0.25, -0.2) is 4.98 Å². The van der Waals surface area contributed by atoms with Gasteiger partial charge in [-0.1, -0.05) is 24.9 Å². The first kappa shape index (κ1) is 14.5. The highest BCUT2D eigenvalue weighted by Gasteiger charge is 2.02. The third kappa shape index (κ3) is 6.05. The van der Waals surface area contributed by atoms with E-state index in [4.69, 9.17) is 27.9 Å². The Kier molecular flexibility index (Phi) is 7.24. The summed E-state index contributed by atoms with van der Waals surface area (Å²) in [7, 11) is 0. The molecule has 1 rings (SSSR count). The summed E-state index contributed by atoms with van der Waals surface area (Å²) in [5, 5.41) is 3.76. The smallest absolute Gasteiger partial charge is 0.224 e. The molecule has 96 valence electrons. The fourth-order valence-electron chi connectivity index (χ4n) is 1.20. The van der Waals surface area contributed by atoms with E-state index in [1.807, 2.05) is 0 Å². The molecule has 1 N–H and O–H groups in total. The van der Waals surface area contributed by atoms with Crippen molar-refractivity contribution < 1.29 is 4.74 Å². The number of aromatic nitrogens is 2. The fraction of sp³-hybridized carbons (Fsp3) is 0.636. The summed E-state index contributed by atoms with van der Waals surface area (Å²) in [4.78, 5) is 7.77. The highest BCUT2D eigenvalue weighted by molar-refractivity contribution is 6.33. The van der Waals surface area contributed by atoms with Crippen LogP contribution in [0.25, 0.3) is 0 Å². The van der Waals surface area contributed by atoms with Crippen molar-refractivity contribution in [2.24, 2.45) is 0 Å². The molecule has 1 heterocycles. The van der Waals surface area contributed by atoms with Crippen molar-refractivity contribution in [1.82, 2.24) is 9.97 Å². The molecular weight excluding hydrogens is 261 g/mol. The van der Waals surface area contributed by atoms with E-state index in [0.29, 0.717) is 10.8 Å². The van der Waals surface area contributed by atoms with Crippen molar-refractivity contribution in [2.45, 2.75) is 26.2 Å². The molecule has 0 aliphatic heterocycles. The van der Waals surface area contributed by atoms with Crippen LogP contribution < -0.4 is 5.32 Å². The molecule has 0 aliphatic rings. The van der Waals surface area contributed by atoms with E-state index >= 15 is 0 Å². The summed E-state index contributed by atoms with van der Waals surface area (Å²) in [6.07, 6.45) is 4.66. The molecule has 0 fully saturated rings. The SMILES string of the molecule is CCCCOCCCNc1nc(Cl)ncc1Cl. The minimum Gasteiger partial charge on any atom is -0.381 e. The zero-order chi connectivity index (χ0) is 12.5. The summed E-state index contributed by atoms with van der Waals surface area (Å²) in [6, 6.07) is 0. The number of unbranched alkanes of at least 4 members (excludes halogenated alkanes) is 1. The molecule has 0 amide bonds. The van der Waals surface area contributed by atoms with Gasteiger partial charge < -0.3 is 10.1 Å². The van der Waals surface area contributed by atoms with Gasteiger partial charge in [-0.05, 0) is 24.4 Å². The van der Waals surface area contributed by atoms with E-state index in [-0.39, 0.29) is 5.28 Å². The first-order valence-corrected chi connectivity index (χ1v) is 6.49. The zero-order valence-electron chi connectivity index (χ0n) is 9.88. The Morgan fingerprint density at radius 1 is 1.29 bits per heavy atom. The van der Waals surface area contributed by atoms with Crippen molar-refractivity contribution in [3.63, 3.8) is 0 Å². The van der Waals surface area contributed by atoms with E-state index in [9.17, 15) is 0 Å². The number of ether oxygens (including phenoxy) is 1. The number of anilines is 1. The second-order valence-electron chi connectivity index (χ2n) is 3.58. The Balaban J connectivity index is 2.15. The van der Waals surface area contributed by atoms with Crippen LogP contribution in [-0.2, 0) is 4.74 Å². The summed E-state index contributed by atoms with van der Waals surface area (Å²) < 4.78 is 5.43. The molecule has 17 heavy (non-hydrogen) atoms. The summed E-state index contributed by atoms with van der Waals surface area (Å²) >= 11 is 11.6. The molecule has 1 aromatic heterocycles. The lowest BCUT2D eigenvalue weighted by Gasteiger charge is -2.07. The molecule has 0 aliphatic carbocycles. The molecule has 6 heteroatoms. The fourth-order valence-corrected chi connectivity index (χ4v) is 1.49. The summed E-state index contributed by atoms with van der Waals surface area (Å²) in [5.41, 5.74) is 0. The van der Waals surface area contributed by atoms with Crippen molar-refractivity contribution in [2.75, 3.05) is 25.1 Å². The minimum absolute atomic E-state index is 0.191. The first-order valence-electron chi connectivity index (χ1n) is 5.73. The molecule has 0 unspecified atom stereocenters. The molecule has 0 bridgehead atoms. The maximum Gasteiger partial charge on any atom is 0.224 e. The van der Waals surface area contributed by atoms with Crippen LogP contribution in [0.15, 0.2) is 6.20 Å². The van der Waals surface area contributed by atoms with Crippen LogP contribution in [0.2, 0.25) is 10.3 Å². The topological polar surface area (TPSA) is 47.0 Å². The largest absolute Gasteiger partial charge is 0.381 e. The van der Waals surface area contributed by atoms with Crippen molar-refractivity contribution in [3.05, 3.63) is 16.5 Å². The number of nitrogens with zero attached hydrogens (tertiary/aromatic N) is 2. The Hall–Kier alpha value is -0.580.